The lowest BCUT2D eigenvalue weighted by atomic mass is 10.2. The monoisotopic (exact) mass is 282 g/mol. The average Bonchev–Trinajstić information content (AvgIpc) is 3.19. The third kappa shape index (κ3) is 1.15. The molecule has 4 aromatic rings. The van der Waals surface area contributed by atoms with Crippen molar-refractivity contribution in [3.63, 3.8) is 0 Å². The predicted molar refractivity (Wildman–Crippen MR) is 79.7 cm³/mol. The largest absolute Gasteiger partial charge is 0.271 e. The minimum atomic E-state index is -2.51. The molecular formula is C16H14N5+. The maximum Gasteiger partial charge on any atom is 0.271 e. The van der Waals surface area contributed by atoms with Gasteiger partial charge in [-0.05, 0) is 24.3 Å². The van der Waals surface area contributed by atoms with Crippen molar-refractivity contribution >= 4 is 22.2 Å². The van der Waals surface area contributed by atoms with E-state index in [0.29, 0.717) is 45.8 Å². The van der Waals surface area contributed by atoms with Crippen molar-refractivity contribution in [2.75, 3.05) is 0 Å². The quantitative estimate of drug-likeness (QED) is 0.406. The zero-order valence-corrected chi connectivity index (χ0v) is 10.9. The molecule has 102 valence electrons. The zero-order valence-electron chi connectivity index (χ0n) is 16.9. The van der Waals surface area contributed by atoms with Gasteiger partial charge >= 0.3 is 0 Å². The number of aromatic nitrogens is 5. The van der Waals surface area contributed by atoms with Crippen molar-refractivity contribution < 1.29 is 12.8 Å². The van der Waals surface area contributed by atoms with Crippen molar-refractivity contribution in [1.82, 2.24) is 19.1 Å². The number of hydrogen-bond acceptors (Lipinski definition) is 2. The molecule has 0 atom stereocenters. The van der Waals surface area contributed by atoms with Crippen LogP contribution < -0.4 is 4.57 Å². The van der Waals surface area contributed by atoms with Gasteiger partial charge in [-0.2, -0.15) is 0 Å². The topological polar surface area (TPSA) is 39.5 Å². The van der Waals surface area contributed by atoms with Crippen LogP contribution in [0.2, 0.25) is 0 Å². The number of rotatable bonds is 0. The van der Waals surface area contributed by atoms with Gasteiger partial charge in [-0.1, -0.05) is 0 Å². The first-order valence-electron chi connectivity index (χ1n) is 9.58. The normalized spacial score (nSPS) is 18.5. The molecule has 5 nitrogen and oxygen atoms in total. The fourth-order valence-corrected chi connectivity index (χ4v) is 3.20. The molecule has 5 heterocycles. The van der Waals surface area contributed by atoms with Gasteiger partial charge in [0.25, 0.3) is 5.65 Å². The Balaban J connectivity index is 2.07. The molecule has 0 aliphatic carbocycles. The molecule has 0 aromatic carbocycles. The maximum atomic E-state index is 8.11. The first-order valence-corrected chi connectivity index (χ1v) is 6.58. The second-order valence-corrected chi connectivity index (χ2v) is 5.12. The molecule has 0 amide bonds. The van der Waals surface area contributed by atoms with Crippen LogP contribution in [0, 0.1) is 0 Å². The number of fused-ring (bicyclic) bond motifs is 7. The van der Waals surface area contributed by atoms with E-state index in [1.165, 1.54) is 15.3 Å². The molecule has 0 saturated carbocycles. The number of aryl methyl sites for hydroxylation is 2. The van der Waals surface area contributed by atoms with Gasteiger partial charge in [0, 0.05) is 12.4 Å². The molecule has 0 saturated heterocycles. The van der Waals surface area contributed by atoms with E-state index in [9.17, 15) is 0 Å². The molecule has 0 N–H and O–H groups in total. The Morgan fingerprint density at radius 3 is 2.90 bits per heavy atom. The standard InChI is InChI=1S/C16H14N5/c1-19-12-6-4-8-18-13(12)14-16(19)21-9-11-10(5-3-7-17-11)15(21)20(14)2/h3-8H,9H2,1-2H3/q+1/i1D3,2D3. The van der Waals surface area contributed by atoms with E-state index in [0.717, 1.165) is 0 Å². The van der Waals surface area contributed by atoms with Crippen LogP contribution in [0.15, 0.2) is 36.7 Å². The van der Waals surface area contributed by atoms with Gasteiger partial charge in [0.1, 0.15) is 17.6 Å². The molecule has 21 heavy (non-hydrogen) atoms. The Morgan fingerprint density at radius 2 is 2.00 bits per heavy atom. The summed E-state index contributed by atoms with van der Waals surface area (Å²) in [7, 11) is 0. The maximum absolute atomic E-state index is 8.11. The highest BCUT2D eigenvalue weighted by Crippen LogP contribution is 2.33. The van der Waals surface area contributed by atoms with Crippen LogP contribution in [-0.4, -0.2) is 19.1 Å². The second kappa shape index (κ2) is 3.49. The second-order valence-electron chi connectivity index (χ2n) is 5.12. The van der Waals surface area contributed by atoms with Gasteiger partial charge in [0.05, 0.1) is 33.4 Å². The van der Waals surface area contributed by atoms with Gasteiger partial charge in [-0.15, -0.1) is 0 Å². The number of imidazole rings is 1. The van der Waals surface area contributed by atoms with Crippen molar-refractivity contribution in [2.45, 2.75) is 6.54 Å². The van der Waals surface area contributed by atoms with Crippen LogP contribution in [0.5, 0.6) is 0 Å². The molecule has 4 aromatic heterocycles. The van der Waals surface area contributed by atoms with E-state index in [2.05, 4.69) is 9.97 Å². The molecular weight excluding hydrogens is 262 g/mol. The highest BCUT2D eigenvalue weighted by molar-refractivity contribution is 6.02. The summed E-state index contributed by atoms with van der Waals surface area (Å²) in [6.07, 6.45) is 3.18. The Kier molecular flexibility index (Phi) is 1.14. The molecule has 5 heteroatoms. The summed E-state index contributed by atoms with van der Waals surface area (Å²) in [6, 6.07) is 6.83. The highest BCUT2D eigenvalue weighted by atomic mass is 15.3. The molecule has 0 spiro atoms. The summed E-state index contributed by atoms with van der Waals surface area (Å²) >= 11 is 0. The average molecular weight is 282 g/mol. The Labute approximate surface area is 129 Å². The summed E-state index contributed by atoms with van der Waals surface area (Å²) < 4.78 is 52.5. The van der Waals surface area contributed by atoms with Crippen LogP contribution in [-0.2, 0) is 20.5 Å². The van der Waals surface area contributed by atoms with Crippen LogP contribution >= 0.6 is 0 Å². The summed E-state index contributed by atoms with van der Waals surface area (Å²) in [4.78, 5) is 8.65. The summed E-state index contributed by atoms with van der Waals surface area (Å²) in [6.45, 7) is -4.70. The third-order valence-corrected chi connectivity index (χ3v) is 4.06. The van der Waals surface area contributed by atoms with E-state index in [4.69, 9.17) is 8.22 Å². The lowest BCUT2D eigenvalue weighted by Gasteiger charge is -1.97. The van der Waals surface area contributed by atoms with Gasteiger partial charge in [0.15, 0.2) is 0 Å². The Bertz CT molecular complexity index is 1230. The minimum absolute atomic E-state index is 0.297. The lowest BCUT2D eigenvalue weighted by molar-refractivity contribution is -0.649. The first kappa shape index (κ1) is 6.85. The highest BCUT2D eigenvalue weighted by Gasteiger charge is 2.35. The van der Waals surface area contributed by atoms with Crippen LogP contribution in [0.3, 0.4) is 0 Å². The summed E-state index contributed by atoms with van der Waals surface area (Å²) in [5, 5.41) is 0. The van der Waals surface area contributed by atoms with Gasteiger partial charge in [0.2, 0.25) is 11.3 Å². The van der Waals surface area contributed by atoms with Gasteiger partial charge < -0.3 is 0 Å². The molecule has 5 rings (SSSR count). The van der Waals surface area contributed by atoms with Crippen molar-refractivity contribution in [3.05, 3.63) is 42.4 Å². The van der Waals surface area contributed by atoms with E-state index < -0.39 is 14.0 Å². The van der Waals surface area contributed by atoms with Crippen molar-refractivity contribution in [2.24, 2.45) is 14.0 Å². The molecule has 1 aliphatic rings. The van der Waals surface area contributed by atoms with Crippen molar-refractivity contribution in [1.29, 1.82) is 0 Å². The summed E-state index contributed by atoms with van der Waals surface area (Å²) in [5.74, 6) is 0.425. The van der Waals surface area contributed by atoms with Crippen LogP contribution in [0.4, 0.5) is 0 Å². The van der Waals surface area contributed by atoms with Crippen LogP contribution in [0.1, 0.15) is 13.9 Å². The minimum Gasteiger partial charge on any atom is -0.257 e. The van der Waals surface area contributed by atoms with E-state index in [1.807, 2.05) is 0 Å². The molecule has 0 fully saturated rings. The number of nitrogens with zero attached hydrogens (tertiary/aromatic N) is 5. The smallest absolute Gasteiger partial charge is 0.257 e. The SMILES string of the molecule is [2H]C([2H])([2H])n1c2[n+](c3c1c1ncccc1n3C([2H])([2H])[2H])Cc1ncccc1-2. The van der Waals surface area contributed by atoms with E-state index >= 15 is 0 Å². The molecule has 0 unspecified atom stereocenters. The zero-order chi connectivity index (χ0) is 19.1. The van der Waals surface area contributed by atoms with Gasteiger partial charge in [-0.3, -0.25) is 14.1 Å². The number of pyridine rings is 2. The molecule has 1 aliphatic heterocycles. The third-order valence-electron chi connectivity index (χ3n) is 4.06. The Morgan fingerprint density at radius 1 is 1.14 bits per heavy atom. The van der Waals surface area contributed by atoms with Crippen molar-refractivity contribution in [3.8, 4) is 11.4 Å². The van der Waals surface area contributed by atoms with E-state index in [-0.39, 0.29) is 0 Å². The number of hydrogen-bond donors (Lipinski definition) is 0. The van der Waals surface area contributed by atoms with Gasteiger partial charge in [-0.25, -0.2) is 9.55 Å². The van der Waals surface area contributed by atoms with E-state index in [1.54, 1.807) is 35.0 Å². The molecule has 0 radical (unpaired) electrons. The fraction of sp³-hybridized carbons (Fsp3) is 0.188. The first-order chi connectivity index (χ1) is 12.7. The summed E-state index contributed by atoms with van der Waals surface area (Å²) in [5.41, 5.74) is 2.74. The Hall–Kier alpha value is -2.69. The molecule has 0 bridgehead atoms. The lowest BCUT2D eigenvalue weighted by Crippen LogP contribution is -2.33. The predicted octanol–water partition coefficient (Wildman–Crippen LogP) is 1.78. The fourth-order valence-electron chi connectivity index (χ4n) is 3.20. The van der Waals surface area contributed by atoms with Crippen LogP contribution in [0.25, 0.3) is 33.6 Å².